The number of hydrogen-bond donors (Lipinski definition) is 1. The molecule has 2 aromatic rings. The summed E-state index contributed by atoms with van der Waals surface area (Å²) < 4.78 is 0. The number of nitrogens with two attached hydrogens (primary N) is 1. The van der Waals surface area contributed by atoms with Crippen LogP contribution in [0.3, 0.4) is 0 Å². The second kappa shape index (κ2) is 5.65. The lowest BCUT2D eigenvalue weighted by atomic mass is 10.2. The van der Waals surface area contributed by atoms with Gasteiger partial charge in [-0.1, -0.05) is 23.8 Å². The van der Waals surface area contributed by atoms with Crippen LogP contribution in [0.25, 0.3) is 0 Å². The highest BCUT2D eigenvalue weighted by Crippen LogP contribution is 2.24. The minimum absolute atomic E-state index is 0.314. The van der Waals surface area contributed by atoms with E-state index in [4.69, 9.17) is 29.6 Å². The van der Waals surface area contributed by atoms with Gasteiger partial charge in [0, 0.05) is 23.7 Å². The van der Waals surface area contributed by atoms with Crippen molar-refractivity contribution >= 4 is 45.8 Å². The third-order valence-electron chi connectivity index (χ3n) is 2.54. The summed E-state index contributed by atoms with van der Waals surface area (Å²) in [5, 5.41) is 2.60. The Morgan fingerprint density at radius 2 is 2.33 bits per heavy atom. The summed E-state index contributed by atoms with van der Waals surface area (Å²) in [6, 6.07) is 5.66. The van der Waals surface area contributed by atoms with Crippen molar-refractivity contribution in [2.24, 2.45) is 5.73 Å². The van der Waals surface area contributed by atoms with Crippen molar-refractivity contribution in [2.45, 2.75) is 6.54 Å². The zero-order chi connectivity index (χ0) is 13.1. The van der Waals surface area contributed by atoms with Gasteiger partial charge in [-0.3, -0.25) is 0 Å². The topological polar surface area (TPSA) is 42.2 Å². The van der Waals surface area contributed by atoms with Gasteiger partial charge in [0.15, 0.2) is 0 Å². The molecule has 0 bridgehead atoms. The van der Waals surface area contributed by atoms with Crippen LogP contribution in [0.15, 0.2) is 29.1 Å². The Kier molecular flexibility index (Phi) is 4.16. The highest BCUT2D eigenvalue weighted by atomic mass is 35.5. The fourth-order valence-corrected chi connectivity index (χ4v) is 2.65. The average molecular weight is 298 g/mol. The summed E-state index contributed by atoms with van der Waals surface area (Å²) in [5.41, 5.74) is 10.2. The Hall–Kier alpha value is -1.17. The molecule has 0 unspecified atom stereocenters. The molecule has 0 fully saturated rings. The predicted molar refractivity (Wildman–Crippen MR) is 81.6 cm³/mol. The molecule has 94 valence electrons. The van der Waals surface area contributed by atoms with Crippen molar-refractivity contribution in [2.75, 3.05) is 11.9 Å². The summed E-state index contributed by atoms with van der Waals surface area (Å²) in [4.78, 5) is 6.64. The molecule has 0 amide bonds. The van der Waals surface area contributed by atoms with Gasteiger partial charge in [0.1, 0.15) is 4.99 Å². The van der Waals surface area contributed by atoms with E-state index in [0.717, 1.165) is 17.9 Å². The van der Waals surface area contributed by atoms with Gasteiger partial charge in [-0.25, -0.2) is 4.98 Å². The van der Waals surface area contributed by atoms with Crippen LogP contribution in [0.5, 0.6) is 0 Å². The van der Waals surface area contributed by atoms with E-state index in [1.54, 1.807) is 11.3 Å². The molecule has 1 aromatic carbocycles. The van der Waals surface area contributed by atoms with E-state index >= 15 is 0 Å². The molecule has 0 saturated carbocycles. The number of hydrogen-bond acceptors (Lipinski definition) is 4. The van der Waals surface area contributed by atoms with Gasteiger partial charge in [-0.2, -0.15) is 0 Å². The number of benzene rings is 1. The van der Waals surface area contributed by atoms with Crippen LogP contribution in [0.2, 0.25) is 5.02 Å². The first-order valence-electron chi connectivity index (χ1n) is 5.25. The van der Waals surface area contributed by atoms with Gasteiger partial charge >= 0.3 is 0 Å². The minimum Gasteiger partial charge on any atom is -0.389 e. The van der Waals surface area contributed by atoms with Crippen LogP contribution in [-0.4, -0.2) is 17.0 Å². The molecule has 0 spiro atoms. The van der Waals surface area contributed by atoms with Crippen LogP contribution in [-0.2, 0) is 6.54 Å². The van der Waals surface area contributed by atoms with Crippen LogP contribution in [0, 0.1) is 0 Å². The highest BCUT2D eigenvalue weighted by molar-refractivity contribution is 7.80. The molecule has 1 aromatic heterocycles. The Bertz CT molecular complexity index is 554. The molecule has 0 aliphatic rings. The fourth-order valence-electron chi connectivity index (χ4n) is 1.59. The second-order valence-electron chi connectivity index (χ2n) is 3.86. The highest BCUT2D eigenvalue weighted by Gasteiger charge is 2.08. The van der Waals surface area contributed by atoms with Crippen molar-refractivity contribution in [3.05, 3.63) is 45.4 Å². The molecule has 2 rings (SSSR count). The Labute approximate surface area is 120 Å². The monoisotopic (exact) mass is 297 g/mol. The normalized spacial score (nSPS) is 10.3. The first kappa shape index (κ1) is 13.3. The molecule has 0 atom stereocenters. The van der Waals surface area contributed by atoms with Gasteiger partial charge in [-0.05, 0) is 18.2 Å². The SMILES string of the molecule is CN(Cc1cscn1)c1ccc(C(N)=S)c(Cl)c1. The maximum atomic E-state index is 6.14. The van der Waals surface area contributed by atoms with Gasteiger partial charge in [0.2, 0.25) is 0 Å². The lowest BCUT2D eigenvalue weighted by Gasteiger charge is -2.19. The van der Waals surface area contributed by atoms with E-state index < -0.39 is 0 Å². The van der Waals surface area contributed by atoms with E-state index in [2.05, 4.69) is 9.88 Å². The summed E-state index contributed by atoms with van der Waals surface area (Å²) in [6.07, 6.45) is 0. The second-order valence-corrected chi connectivity index (χ2v) is 5.43. The molecule has 6 heteroatoms. The molecule has 0 aliphatic carbocycles. The molecule has 0 aliphatic heterocycles. The lowest BCUT2D eigenvalue weighted by molar-refractivity contribution is 0.895. The van der Waals surface area contributed by atoms with E-state index in [0.29, 0.717) is 15.6 Å². The van der Waals surface area contributed by atoms with Crippen molar-refractivity contribution in [3.63, 3.8) is 0 Å². The smallest absolute Gasteiger partial charge is 0.105 e. The van der Waals surface area contributed by atoms with E-state index in [-0.39, 0.29) is 0 Å². The number of nitrogens with zero attached hydrogens (tertiary/aromatic N) is 2. The predicted octanol–water partition coefficient (Wildman–Crippen LogP) is 3.07. The Morgan fingerprint density at radius 3 is 2.89 bits per heavy atom. The molecule has 2 N–H and O–H groups in total. The van der Waals surface area contributed by atoms with Gasteiger partial charge in [0.25, 0.3) is 0 Å². The minimum atomic E-state index is 0.314. The standard InChI is InChI=1S/C12H12ClN3S2/c1-16(5-8-6-18-7-15-8)9-2-3-10(12(14)17)11(13)4-9/h2-4,6-7H,5H2,1H3,(H2,14,17). The van der Waals surface area contributed by atoms with Gasteiger partial charge < -0.3 is 10.6 Å². The van der Waals surface area contributed by atoms with E-state index in [1.807, 2.05) is 36.1 Å². The molecule has 0 radical (unpaired) electrons. The van der Waals surface area contributed by atoms with Gasteiger partial charge in [-0.15, -0.1) is 11.3 Å². The van der Waals surface area contributed by atoms with Crippen molar-refractivity contribution < 1.29 is 0 Å². The molecule has 1 heterocycles. The number of halogens is 1. The average Bonchev–Trinajstić information content (AvgIpc) is 2.81. The number of thiazole rings is 1. The van der Waals surface area contributed by atoms with Crippen LogP contribution >= 0.6 is 35.2 Å². The molecule has 3 nitrogen and oxygen atoms in total. The first-order chi connectivity index (χ1) is 8.58. The lowest BCUT2D eigenvalue weighted by Crippen LogP contribution is -2.17. The maximum Gasteiger partial charge on any atom is 0.105 e. The van der Waals surface area contributed by atoms with Crippen molar-refractivity contribution in [1.82, 2.24) is 4.98 Å². The third-order valence-corrected chi connectivity index (χ3v) is 3.71. The van der Waals surface area contributed by atoms with Gasteiger partial charge in [0.05, 0.1) is 22.8 Å². The maximum absolute atomic E-state index is 6.14. The molecule has 0 saturated heterocycles. The first-order valence-corrected chi connectivity index (χ1v) is 6.98. The van der Waals surface area contributed by atoms with Crippen molar-refractivity contribution in [1.29, 1.82) is 0 Å². The summed E-state index contributed by atoms with van der Waals surface area (Å²) in [6.45, 7) is 0.742. The number of thiocarbonyl (C=S) groups is 1. The largest absolute Gasteiger partial charge is 0.389 e. The molecule has 18 heavy (non-hydrogen) atoms. The number of anilines is 1. The van der Waals surface area contributed by atoms with E-state index in [1.165, 1.54) is 0 Å². The van der Waals surface area contributed by atoms with Crippen molar-refractivity contribution in [3.8, 4) is 0 Å². The molecular weight excluding hydrogens is 286 g/mol. The van der Waals surface area contributed by atoms with Crippen LogP contribution in [0.1, 0.15) is 11.3 Å². The number of rotatable bonds is 4. The number of aromatic nitrogens is 1. The Morgan fingerprint density at radius 1 is 1.56 bits per heavy atom. The zero-order valence-corrected chi connectivity index (χ0v) is 12.1. The van der Waals surface area contributed by atoms with Crippen LogP contribution in [0.4, 0.5) is 5.69 Å². The van der Waals surface area contributed by atoms with Crippen LogP contribution < -0.4 is 10.6 Å². The molecular formula is C12H12ClN3S2. The van der Waals surface area contributed by atoms with E-state index in [9.17, 15) is 0 Å². The third kappa shape index (κ3) is 2.98. The Balaban J connectivity index is 2.18. The summed E-state index contributed by atoms with van der Waals surface area (Å²) in [5.74, 6) is 0. The quantitative estimate of drug-likeness (QED) is 0.881. The fraction of sp³-hybridized carbons (Fsp3) is 0.167. The zero-order valence-electron chi connectivity index (χ0n) is 9.76. The summed E-state index contributed by atoms with van der Waals surface area (Å²) in [7, 11) is 1.99. The summed E-state index contributed by atoms with van der Waals surface area (Å²) >= 11 is 12.7.